The van der Waals surface area contributed by atoms with Crippen LogP contribution >= 0.6 is 23.2 Å². The Morgan fingerprint density at radius 2 is 2.00 bits per heavy atom. The summed E-state index contributed by atoms with van der Waals surface area (Å²) in [5.74, 6) is 1.15. The number of hydrogen-bond acceptors (Lipinski definition) is 3. The van der Waals surface area contributed by atoms with E-state index in [-0.39, 0.29) is 0 Å². The fourth-order valence-corrected chi connectivity index (χ4v) is 3.22. The molecule has 1 aliphatic rings. The van der Waals surface area contributed by atoms with E-state index < -0.39 is 0 Å². The largest absolute Gasteiger partial charge is 0.381 e. The monoisotopic (exact) mass is 322 g/mol. The first-order valence-corrected chi connectivity index (χ1v) is 7.76. The van der Waals surface area contributed by atoms with Crippen LogP contribution in [0.1, 0.15) is 17.8 Å². The number of nitrogens with zero attached hydrogens (tertiary/aromatic N) is 2. The van der Waals surface area contributed by atoms with Gasteiger partial charge in [0.25, 0.3) is 0 Å². The second-order valence-electron chi connectivity index (χ2n) is 5.40. The molecule has 0 aliphatic carbocycles. The van der Waals surface area contributed by atoms with E-state index in [1.165, 1.54) is 0 Å². The second kappa shape index (κ2) is 6.30. The highest BCUT2D eigenvalue weighted by molar-refractivity contribution is 6.37. The lowest BCUT2D eigenvalue weighted by atomic mass is 10.0. The lowest BCUT2D eigenvalue weighted by Gasteiger charge is -2.11. The Balaban J connectivity index is 1.92. The van der Waals surface area contributed by atoms with Crippen LogP contribution in [0.5, 0.6) is 0 Å². The van der Waals surface area contributed by atoms with Gasteiger partial charge in [0.15, 0.2) is 0 Å². The summed E-state index contributed by atoms with van der Waals surface area (Å²) >= 11 is 12.7. The molecular weight excluding hydrogens is 307 g/mol. The van der Waals surface area contributed by atoms with E-state index in [4.69, 9.17) is 27.9 Å². The summed E-state index contributed by atoms with van der Waals surface area (Å²) in [6.45, 7) is 3.60. The van der Waals surface area contributed by atoms with Crippen molar-refractivity contribution in [2.24, 2.45) is 5.92 Å². The lowest BCUT2D eigenvalue weighted by molar-refractivity contribution is 0.185. The van der Waals surface area contributed by atoms with Crippen molar-refractivity contribution in [3.63, 3.8) is 0 Å². The first kappa shape index (κ1) is 14.8. The molecule has 0 spiro atoms. The highest BCUT2D eigenvalue weighted by Crippen LogP contribution is 2.33. The third-order valence-electron chi connectivity index (χ3n) is 3.67. The molecule has 1 aliphatic heterocycles. The number of hydrogen-bond donors (Lipinski definition) is 0. The molecule has 3 nitrogen and oxygen atoms in total. The molecule has 1 aromatic carbocycles. The molecule has 1 fully saturated rings. The van der Waals surface area contributed by atoms with Crippen LogP contribution in [0.15, 0.2) is 24.3 Å². The second-order valence-corrected chi connectivity index (χ2v) is 6.12. The molecule has 0 radical (unpaired) electrons. The fourth-order valence-electron chi connectivity index (χ4n) is 2.58. The molecule has 5 heteroatoms. The zero-order valence-electron chi connectivity index (χ0n) is 11.8. The number of aryl methyl sites for hydroxylation is 1. The van der Waals surface area contributed by atoms with Crippen LogP contribution in [0.3, 0.4) is 0 Å². The summed E-state index contributed by atoms with van der Waals surface area (Å²) in [7, 11) is 0. The molecule has 0 N–H and O–H groups in total. The van der Waals surface area contributed by atoms with Crippen molar-refractivity contribution in [1.29, 1.82) is 0 Å². The molecule has 2 aromatic rings. The van der Waals surface area contributed by atoms with E-state index >= 15 is 0 Å². The Morgan fingerprint density at radius 3 is 2.62 bits per heavy atom. The molecule has 3 rings (SSSR count). The van der Waals surface area contributed by atoms with Crippen LogP contribution < -0.4 is 0 Å². The van der Waals surface area contributed by atoms with Crippen LogP contribution in [0, 0.1) is 12.8 Å². The molecule has 2 heterocycles. The lowest BCUT2D eigenvalue weighted by Crippen LogP contribution is -2.08. The summed E-state index contributed by atoms with van der Waals surface area (Å²) < 4.78 is 5.37. The van der Waals surface area contributed by atoms with Gasteiger partial charge in [0.1, 0.15) is 16.1 Å². The zero-order valence-corrected chi connectivity index (χ0v) is 13.3. The number of halogens is 2. The topological polar surface area (TPSA) is 35.0 Å². The Bertz CT molecular complexity index is 631. The molecule has 110 valence electrons. The van der Waals surface area contributed by atoms with Crippen LogP contribution in [0.4, 0.5) is 0 Å². The molecule has 1 saturated heterocycles. The van der Waals surface area contributed by atoms with Gasteiger partial charge in [-0.3, -0.25) is 0 Å². The normalized spacial score (nSPS) is 18.1. The van der Waals surface area contributed by atoms with Crippen molar-refractivity contribution in [1.82, 2.24) is 9.97 Å². The Kier molecular flexibility index (Phi) is 4.43. The highest BCUT2D eigenvalue weighted by Gasteiger charge is 2.20. The standard InChI is InChI=1S/C16H16Cl2N2O/c1-10-3-2-4-12(7-10)14-15(17)19-13(20-16(14)18)8-11-5-6-21-9-11/h2-4,7,11H,5-6,8-9H2,1H3. The maximum Gasteiger partial charge on any atom is 0.142 e. The predicted octanol–water partition coefficient (Wildman–Crippen LogP) is 4.34. The average Bonchev–Trinajstić information content (AvgIpc) is 2.91. The summed E-state index contributed by atoms with van der Waals surface area (Å²) in [4.78, 5) is 8.84. The van der Waals surface area contributed by atoms with Gasteiger partial charge >= 0.3 is 0 Å². The van der Waals surface area contributed by atoms with Crippen molar-refractivity contribution in [3.8, 4) is 11.1 Å². The molecule has 21 heavy (non-hydrogen) atoms. The van der Waals surface area contributed by atoms with Crippen molar-refractivity contribution < 1.29 is 4.74 Å². The maximum atomic E-state index is 6.34. The smallest absolute Gasteiger partial charge is 0.142 e. The Hall–Kier alpha value is -1.16. The number of ether oxygens (including phenoxy) is 1. The quantitative estimate of drug-likeness (QED) is 0.788. The molecule has 0 amide bonds. The summed E-state index contributed by atoms with van der Waals surface area (Å²) in [6.07, 6.45) is 1.80. The Morgan fingerprint density at radius 1 is 1.24 bits per heavy atom. The molecule has 0 bridgehead atoms. The average molecular weight is 323 g/mol. The van der Waals surface area contributed by atoms with E-state index in [1.54, 1.807) is 0 Å². The number of aromatic nitrogens is 2. The van der Waals surface area contributed by atoms with Gasteiger partial charge in [-0.05, 0) is 24.8 Å². The van der Waals surface area contributed by atoms with Gasteiger partial charge in [-0.2, -0.15) is 0 Å². The van der Waals surface area contributed by atoms with Crippen molar-refractivity contribution >= 4 is 23.2 Å². The van der Waals surface area contributed by atoms with E-state index in [0.717, 1.165) is 37.2 Å². The van der Waals surface area contributed by atoms with Crippen LogP contribution in [-0.2, 0) is 11.2 Å². The van der Waals surface area contributed by atoms with Crippen molar-refractivity contribution in [2.45, 2.75) is 19.8 Å². The third-order valence-corrected chi connectivity index (χ3v) is 4.22. The van der Waals surface area contributed by atoms with Crippen LogP contribution in [0.2, 0.25) is 10.3 Å². The van der Waals surface area contributed by atoms with Gasteiger partial charge in [0.2, 0.25) is 0 Å². The van der Waals surface area contributed by atoms with Crippen LogP contribution in [-0.4, -0.2) is 23.2 Å². The van der Waals surface area contributed by atoms with Crippen molar-refractivity contribution in [2.75, 3.05) is 13.2 Å². The minimum Gasteiger partial charge on any atom is -0.381 e. The van der Waals surface area contributed by atoms with E-state index in [2.05, 4.69) is 9.97 Å². The molecule has 0 saturated carbocycles. The summed E-state index contributed by atoms with van der Waals surface area (Å²) in [6, 6.07) is 8.00. The number of rotatable bonds is 3. The van der Waals surface area contributed by atoms with Gasteiger partial charge in [0.05, 0.1) is 5.56 Å². The van der Waals surface area contributed by atoms with Crippen molar-refractivity contribution in [3.05, 3.63) is 46.0 Å². The van der Waals surface area contributed by atoms with E-state index in [0.29, 0.717) is 27.6 Å². The minimum atomic E-state index is 0.412. The first-order valence-electron chi connectivity index (χ1n) is 7.00. The Labute approximate surface area is 134 Å². The van der Waals surface area contributed by atoms with E-state index in [9.17, 15) is 0 Å². The molecule has 1 atom stereocenters. The molecule has 1 unspecified atom stereocenters. The first-order chi connectivity index (χ1) is 10.1. The predicted molar refractivity (Wildman–Crippen MR) is 84.9 cm³/mol. The highest BCUT2D eigenvalue weighted by atomic mass is 35.5. The van der Waals surface area contributed by atoms with Crippen LogP contribution in [0.25, 0.3) is 11.1 Å². The number of benzene rings is 1. The van der Waals surface area contributed by atoms with Gasteiger partial charge in [-0.15, -0.1) is 0 Å². The zero-order chi connectivity index (χ0) is 14.8. The maximum absolute atomic E-state index is 6.34. The summed E-state index contributed by atoms with van der Waals surface area (Å²) in [5.41, 5.74) is 2.79. The van der Waals surface area contributed by atoms with Gasteiger partial charge in [-0.25, -0.2) is 9.97 Å². The third kappa shape index (κ3) is 3.37. The summed E-state index contributed by atoms with van der Waals surface area (Å²) in [5, 5.41) is 0.823. The SMILES string of the molecule is Cc1cccc(-c2c(Cl)nc(CC3CCOC3)nc2Cl)c1. The van der Waals surface area contributed by atoms with E-state index in [1.807, 2.05) is 31.2 Å². The molecule has 1 aromatic heterocycles. The van der Waals surface area contributed by atoms with Gasteiger partial charge in [0, 0.05) is 19.6 Å². The fraction of sp³-hybridized carbons (Fsp3) is 0.375. The van der Waals surface area contributed by atoms with Gasteiger partial charge in [-0.1, -0.05) is 53.0 Å². The molecular formula is C16H16Cl2N2O. The minimum absolute atomic E-state index is 0.412. The van der Waals surface area contributed by atoms with Gasteiger partial charge < -0.3 is 4.74 Å².